The Morgan fingerprint density at radius 2 is 1.86 bits per heavy atom. The Balaban J connectivity index is 1.26. The normalized spacial score (nSPS) is 15.6. The maximum absolute atomic E-state index is 4.63. The van der Waals surface area contributed by atoms with Gasteiger partial charge in [0, 0.05) is 36.6 Å². The second-order valence-electron chi connectivity index (χ2n) is 7.88. The molecule has 0 aliphatic carbocycles. The summed E-state index contributed by atoms with van der Waals surface area (Å²) in [7, 11) is 1.93. The first-order chi connectivity index (χ1) is 14.2. The summed E-state index contributed by atoms with van der Waals surface area (Å²) in [5.74, 6) is 0. The van der Waals surface area contributed by atoms with E-state index in [0.717, 1.165) is 46.0 Å². The fourth-order valence-electron chi connectivity index (χ4n) is 4.06. The van der Waals surface area contributed by atoms with Crippen molar-refractivity contribution in [2.75, 3.05) is 18.4 Å². The van der Waals surface area contributed by atoms with Gasteiger partial charge in [-0.25, -0.2) is 4.99 Å². The van der Waals surface area contributed by atoms with Gasteiger partial charge in [0.1, 0.15) is 0 Å². The molecule has 2 aliphatic heterocycles. The molecule has 2 aromatic carbocycles. The topological polar surface area (TPSA) is 45.4 Å². The van der Waals surface area contributed by atoms with Gasteiger partial charge in [-0.05, 0) is 61.3 Å². The largest absolute Gasteiger partial charge is 0.354 e. The maximum Gasteiger partial charge on any atom is 0.0960 e. The van der Waals surface area contributed by atoms with Gasteiger partial charge in [-0.3, -0.25) is 9.58 Å². The molecule has 3 aromatic rings. The first-order valence-electron chi connectivity index (χ1n) is 10.2. The summed E-state index contributed by atoms with van der Waals surface area (Å²) in [6, 6.07) is 15.0. The number of aryl methyl sites for hydroxylation is 1. The third-order valence-corrected chi connectivity index (χ3v) is 5.66. The number of aromatic nitrogens is 2. The Bertz CT molecular complexity index is 1080. The van der Waals surface area contributed by atoms with Crippen molar-refractivity contribution in [2.24, 2.45) is 12.0 Å². The fraction of sp³-hybridized carbons (Fsp3) is 0.250. The number of aliphatic imine (C=N–C) groups is 1. The van der Waals surface area contributed by atoms with Crippen LogP contribution >= 0.6 is 0 Å². The first kappa shape index (κ1) is 17.9. The number of fused-ring (bicyclic) bond motifs is 1. The van der Waals surface area contributed by atoms with Gasteiger partial charge in [0.25, 0.3) is 0 Å². The van der Waals surface area contributed by atoms with Gasteiger partial charge in [0.15, 0.2) is 0 Å². The Kier molecular flexibility index (Phi) is 4.52. The van der Waals surface area contributed by atoms with E-state index in [1.54, 1.807) is 0 Å². The van der Waals surface area contributed by atoms with Gasteiger partial charge in [0.05, 0.1) is 23.3 Å². The van der Waals surface area contributed by atoms with Crippen LogP contribution in [0.25, 0.3) is 11.1 Å². The maximum atomic E-state index is 4.63. The van der Waals surface area contributed by atoms with Gasteiger partial charge < -0.3 is 5.32 Å². The third kappa shape index (κ3) is 3.61. The van der Waals surface area contributed by atoms with Crippen molar-refractivity contribution in [3.8, 4) is 11.1 Å². The predicted molar refractivity (Wildman–Crippen MR) is 119 cm³/mol. The highest BCUT2D eigenvalue weighted by Gasteiger charge is 2.22. The lowest BCUT2D eigenvalue weighted by Crippen LogP contribution is -2.18. The Morgan fingerprint density at radius 1 is 1.07 bits per heavy atom. The van der Waals surface area contributed by atoms with Gasteiger partial charge in [-0.2, -0.15) is 5.10 Å². The summed E-state index contributed by atoms with van der Waals surface area (Å²) >= 11 is 0. The highest BCUT2D eigenvalue weighted by atomic mass is 15.2. The minimum Gasteiger partial charge on any atom is -0.354 e. The number of likely N-dealkylation sites (tertiary alicyclic amines) is 1. The van der Waals surface area contributed by atoms with Crippen LogP contribution in [0.1, 0.15) is 24.0 Å². The van der Waals surface area contributed by atoms with Crippen LogP contribution in [0.5, 0.6) is 0 Å². The predicted octanol–water partition coefficient (Wildman–Crippen LogP) is 4.74. The van der Waals surface area contributed by atoms with Crippen LogP contribution in [-0.2, 0) is 13.6 Å². The average molecular weight is 383 g/mol. The van der Waals surface area contributed by atoms with Crippen molar-refractivity contribution < 1.29 is 0 Å². The summed E-state index contributed by atoms with van der Waals surface area (Å²) in [5, 5.41) is 7.68. The lowest BCUT2D eigenvalue weighted by atomic mass is 9.95. The molecule has 3 heterocycles. The van der Waals surface area contributed by atoms with Crippen molar-refractivity contribution in [3.05, 3.63) is 78.3 Å². The van der Waals surface area contributed by atoms with E-state index < -0.39 is 0 Å². The quantitative estimate of drug-likeness (QED) is 0.668. The highest BCUT2D eigenvalue weighted by Crippen LogP contribution is 2.36. The summed E-state index contributed by atoms with van der Waals surface area (Å²) in [6.07, 6.45) is 6.55. The molecule has 146 valence electrons. The molecule has 0 bridgehead atoms. The molecule has 1 aromatic heterocycles. The van der Waals surface area contributed by atoms with E-state index in [4.69, 9.17) is 0 Å². The summed E-state index contributed by atoms with van der Waals surface area (Å²) in [6.45, 7) is 7.70. The number of hydrogen-bond acceptors (Lipinski definition) is 4. The second-order valence-corrected chi connectivity index (χ2v) is 7.88. The molecule has 1 N–H and O–H groups in total. The monoisotopic (exact) mass is 383 g/mol. The van der Waals surface area contributed by atoms with Gasteiger partial charge in [-0.15, -0.1) is 0 Å². The van der Waals surface area contributed by atoms with E-state index in [-0.39, 0.29) is 0 Å². The van der Waals surface area contributed by atoms with Crippen LogP contribution in [0.3, 0.4) is 0 Å². The zero-order chi connectivity index (χ0) is 19.8. The fourth-order valence-corrected chi connectivity index (χ4v) is 4.06. The molecule has 0 saturated carbocycles. The van der Waals surface area contributed by atoms with Crippen LogP contribution in [0.4, 0.5) is 11.4 Å². The standard InChI is InChI=1S/C24H25N5/c1-17(26-21-8-5-18(6-9-21)15-29-11-3-4-12-29)24-22-13-19(7-10-23(22)27-24)20-14-25-28(2)16-20/h5-10,13-14,16,26H,1,3-4,11-12,15H2,2H3. The van der Waals surface area contributed by atoms with Gasteiger partial charge in [-0.1, -0.05) is 24.8 Å². The Labute approximate surface area is 171 Å². The molecule has 0 radical (unpaired) electrons. The molecule has 0 amide bonds. The number of anilines is 1. The number of nitrogens with one attached hydrogen (secondary N) is 1. The number of hydrogen-bond donors (Lipinski definition) is 1. The molecule has 5 nitrogen and oxygen atoms in total. The second kappa shape index (κ2) is 7.33. The molecule has 5 rings (SSSR count). The van der Waals surface area contributed by atoms with E-state index in [9.17, 15) is 0 Å². The SMILES string of the molecule is C=C(Nc1ccc(CN2CCCC2)cc1)C1=Nc2ccc(-c3cnn(C)c3)cc21. The molecule has 0 atom stereocenters. The minimum absolute atomic E-state index is 0.827. The smallest absolute Gasteiger partial charge is 0.0960 e. The molecule has 0 unspecified atom stereocenters. The molecule has 1 saturated heterocycles. The van der Waals surface area contributed by atoms with Crippen LogP contribution in [0.15, 0.2) is 72.1 Å². The Hall–Kier alpha value is -3.18. The molecular formula is C24H25N5. The first-order valence-corrected chi connectivity index (χ1v) is 10.2. The lowest BCUT2D eigenvalue weighted by molar-refractivity contribution is 0.331. The summed E-state index contributed by atoms with van der Waals surface area (Å²) in [5.41, 5.74) is 8.54. The van der Waals surface area contributed by atoms with Crippen molar-refractivity contribution in [1.29, 1.82) is 0 Å². The van der Waals surface area contributed by atoms with E-state index in [1.807, 2.05) is 24.1 Å². The molecule has 29 heavy (non-hydrogen) atoms. The number of nitrogens with zero attached hydrogens (tertiary/aromatic N) is 4. The summed E-state index contributed by atoms with van der Waals surface area (Å²) < 4.78 is 1.82. The van der Waals surface area contributed by atoms with Crippen LogP contribution in [0, 0.1) is 0 Å². The number of benzene rings is 2. The van der Waals surface area contributed by atoms with E-state index in [0.29, 0.717) is 0 Å². The number of rotatable bonds is 6. The van der Waals surface area contributed by atoms with Crippen molar-refractivity contribution in [1.82, 2.24) is 14.7 Å². The molecule has 2 aliphatic rings. The van der Waals surface area contributed by atoms with E-state index in [1.165, 1.54) is 31.5 Å². The molecular weight excluding hydrogens is 358 g/mol. The number of allylic oxidation sites excluding steroid dienone is 1. The van der Waals surface area contributed by atoms with Crippen molar-refractivity contribution in [3.63, 3.8) is 0 Å². The van der Waals surface area contributed by atoms with Crippen molar-refractivity contribution >= 4 is 17.1 Å². The minimum atomic E-state index is 0.827. The Morgan fingerprint density at radius 3 is 2.59 bits per heavy atom. The van der Waals surface area contributed by atoms with Crippen molar-refractivity contribution in [2.45, 2.75) is 19.4 Å². The van der Waals surface area contributed by atoms with Gasteiger partial charge >= 0.3 is 0 Å². The van der Waals surface area contributed by atoms with Crippen LogP contribution in [-0.4, -0.2) is 33.5 Å². The van der Waals surface area contributed by atoms with Gasteiger partial charge in [0.2, 0.25) is 0 Å². The zero-order valence-electron chi connectivity index (χ0n) is 16.7. The van der Waals surface area contributed by atoms with Crippen LogP contribution in [0.2, 0.25) is 0 Å². The zero-order valence-corrected chi connectivity index (χ0v) is 16.7. The average Bonchev–Trinajstić information content (AvgIpc) is 3.36. The third-order valence-electron chi connectivity index (χ3n) is 5.66. The van der Waals surface area contributed by atoms with E-state index in [2.05, 4.69) is 69.4 Å². The van der Waals surface area contributed by atoms with E-state index >= 15 is 0 Å². The highest BCUT2D eigenvalue weighted by molar-refractivity contribution is 6.23. The molecule has 0 spiro atoms. The summed E-state index contributed by atoms with van der Waals surface area (Å²) in [4.78, 5) is 7.15. The molecule has 5 heteroatoms. The van der Waals surface area contributed by atoms with Crippen LogP contribution < -0.4 is 5.32 Å². The molecule has 1 fully saturated rings. The lowest BCUT2D eigenvalue weighted by Gasteiger charge is -2.22.